The molecule has 24 heavy (non-hydrogen) atoms. The van der Waals surface area contributed by atoms with Crippen LogP contribution in [-0.4, -0.2) is 33.8 Å². The van der Waals surface area contributed by atoms with E-state index in [9.17, 15) is 14.4 Å². The second-order valence-corrected chi connectivity index (χ2v) is 6.53. The molecule has 1 aliphatic rings. The van der Waals surface area contributed by atoms with Gasteiger partial charge in [-0.25, -0.2) is 14.5 Å². The molecular weight excluding hydrogens is 332 g/mol. The van der Waals surface area contributed by atoms with Gasteiger partial charge in [0.15, 0.2) is 5.13 Å². The molecule has 1 saturated carbocycles. The summed E-state index contributed by atoms with van der Waals surface area (Å²) in [7, 11) is 1.27. The van der Waals surface area contributed by atoms with Gasteiger partial charge in [-0.05, 0) is 25.8 Å². The van der Waals surface area contributed by atoms with Gasteiger partial charge in [-0.15, -0.1) is 0 Å². The molecular formula is C15H16N4O4S. The molecule has 126 valence electrons. The summed E-state index contributed by atoms with van der Waals surface area (Å²) >= 11 is 1.00. The molecule has 2 heterocycles. The number of amides is 1. The summed E-state index contributed by atoms with van der Waals surface area (Å²) in [6, 6.07) is 2.36. The number of thiazole rings is 1. The van der Waals surface area contributed by atoms with Crippen molar-refractivity contribution in [3.63, 3.8) is 0 Å². The molecule has 0 bridgehead atoms. The predicted octanol–water partition coefficient (Wildman–Crippen LogP) is 1.56. The van der Waals surface area contributed by atoms with Crippen molar-refractivity contribution < 1.29 is 14.3 Å². The molecule has 1 amide bonds. The molecule has 2 aromatic heterocycles. The Kier molecular flexibility index (Phi) is 4.43. The number of methoxy groups -OCH3 is 1. The number of carbonyl (C=O) groups excluding carboxylic acids is 2. The molecule has 2 aromatic rings. The van der Waals surface area contributed by atoms with Crippen LogP contribution in [0.25, 0.3) is 0 Å². The van der Waals surface area contributed by atoms with E-state index >= 15 is 0 Å². The minimum absolute atomic E-state index is 0.263. The van der Waals surface area contributed by atoms with Crippen LogP contribution in [0, 0.1) is 0 Å². The SMILES string of the molecule is COC(=O)c1cnc(NC(=O)[C@H](C)n2nc(C3CC3)ccc2=O)s1. The standard InChI is InChI=1S/C15H16N4O4S/c1-8(19-12(20)6-5-10(18-19)9-3-4-9)13(21)17-15-16-7-11(24-15)14(22)23-2/h5-9H,3-4H2,1-2H3,(H,16,17,21)/t8-/m0/s1. The first-order chi connectivity index (χ1) is 11.5. The predicted molar refractivity (Wildman–Crippen MR) is 87.3 cm³/mol. The molecule has 3 rings (SSSR count). The summed E-state index contributed by atoms with van der Waals surface area (Å²) in [6.45, 7) is 1.59. The lowest BCUT2D eigenvalue weighted by Gasteiger charge is -2.13. The van der Waals surface area contributed by atoms with E-state index < -0.39 is 17.9 Å². The van der Waals surface area contributed by atoms with Gasteiger partial charge in [0.05, 0.1) is 19.0 Å². The monoisotopic (exact) mass is 348 g/mol. The smallest absolute Gasteiger partial charge is 0.349 e. The van der Waals surface area contributed by atoms with Gasteiger partial charge in [-0.3, -0.25) is 9.59 Å². The summed E-state index contributed by atoms with van der Waals surface area (Å²) in [5, 5.41) is 7.15. The Labute approximate surface area is 141 Å². The highest BCUT2D eigenvalue weighted by atomic mass is 32.1. The summed E-state index contributed by atoms with van der Waals surface area (Å²) in [6.07, 6.45) is 3.44. The van der Waals surface area contributed by atoms with Crippen LogP contribution in [0.2, 0.25) is 0 Å². The molecule has 0 saturated heterocycles. The molecule has 0 aliphatic heterocycles. The maximum absolute atomic E-state index is 12.4. The van der Waals surface area contributed by atoms with E-state index in [0.29, 0.717) is 5.92 Å². The molecule has 1 atom stereocenters. The fraction of sp³-hybridized carbons (Fsp3) is 0.400. The first kappa shape index (κ1) is 16.3. The highest BCUT2D eigenvalue weighted by molar-refractivity contribution is 7.17. The normalized spacial score (nSPS) is 14.9. The number of nitrogens with one attached hydrogen (secondary N) is 1. The number of hydrogen-bond donors (Lipinski definition) is 1. The molecule has 1 fully saturated rings. The number of anilines is 1. The zero-order valence-electron chi connectivity index (χ0n) is 13.2. The van der Waals surface area contributed by atoms with E-state index in [1.54, 1.807) is 13.0 Å². The third-order valence-electron chi connectivity index (χ3n) is 3.71. The number of hydrogen-bond acceptors (Lipinski definition) is 7. The van der Waals surface area contributed by atoms with E-state index in [2.05, 4.69) is 20.1 Å². The number of rotatable bonds is 5. The average molecular weight is 348 g/mol. The molecule has 1 aliphatic carbocycles. The van der Waals surface area contributed by atoms with Gasteiger partial charge in [0.25, 0.3) is 11.5 Å². The number of esters is 1. The van der Waals surface area contributed by atoms with Crippen LogP contribution < -0.4 is 10.9 Å². The maximum atomic E-state index is 12.4. The maximum Gasteiger partial charge on any atom is 0.349 e. The first-order valence-corrected chi connectivity index (χ1v) is 8.26. The van der Waals surface area contributed by atoms with E-state index in [1.165, 1.54) is 24.1 Å². The molecule has 0 aromatic carbocycles. The third kappa shape index (κ3) is 3.35. The molecule has 0 spiro atoms. The van der Waals surface area contributed by atoms with Gasteiger partial charge >= 0.3 is 5.97 Å². The Morgan fingerprint density at radius 2 is 2.17 bits per heavy atom. The van der Waals surface area contributed by atoms with Crippen molar-refractivity contribution in [2.45, 2.75) is 31.7 Å². The second kappa shape index (κ2) is 6.52. The fourth-order valence-electron chi connectivity index (χ4n) is 2.16. The Balaban J connectivity index is 1.75. The van der Waals surface area contributed by atoms with E-state index in [1.807, 2.05) is 0 Å². The van der Waals surface area contributed by atoms with Crippen molar-refractivity contribution in [2.24, 2.45) is 0 Å². The zero-order chi connectivity index (χ0) is 17.3. The van der Waals surface area contributed by atoms with Crippen molar-refractivity contribution in [1.29, 1.82) is 0 Å². The van der Waals surface area contributed by atoms with Crippen LogP contribution in [-0.2, 0) is 9.53 Å². The fourth-order valence-corrected chi connectivity index (χ4v) is 2.90. The third-order valence-corrected chi connectivity index (χ3v) is 4.60. The number of carbonyl (C=O) groups is 2. The minimum Gasteiger partial charge on any atom is -0.465 e. The van der Waals surface area contributed by atoms with E-state index in [4.69, 9.17) is 0 Å². The summed E-state index contributed by atoms with van der Waals surface area (Å²) < 4.78 is 5.77. The summed E-state index contributed by atoms with van der Waals surface area (Å²) in [5.41, 5.74) is 0.493. The van der Waals surface area contributed by atoms with E-state index in [-0.39, 0.29) is 15.6 Å². The van der Waals surface area contributed by atoms with Crippen LogP contribution in [0.1, 0.15) is 47.1 Å². The van der Waals surface area contributed by atoms with Crippen molar-refractivity contribution >= 4 is 28.3 Å². The van der Waals surface area contributed by atoms with Crippen molar-refractivity contribution in [1.82, 2.24) is 14.8 Å². The van der Waals surface area contributed by atoms with Crippen LogP contribution in [0.4, 0.5) is 5.13 Å². The molecule has 8 nitrogen and oxygen atoms in total. The largest absolute Gasteiger partial charge is 0.465 e. The summed E-state index contributed by atoms with van der Waals surface area (Å²) in [5.74, 6) is -0.562. The van der Waals surface area contributed by atoms with Crippen molar-refractivity contribution in [3.8, 4) is 0 Å². The van der Waals surface area contributed by atoms with Crippen LogP contribution >= 0.6 is 11.3 Å². The van der Waals surface area contributed by atoms with Gasteiger partial charge in [-0.2, -0.15) is 5.10 Å². The lowest BCUT2D eigenvalue weighted by molar-refractivity contribution is -0.119. The summed E-state index contributed by atoms with van der Waals surface area (Å²) in [4.78, 5) is 40.0. The molecule has 9 heteroatoms. The van der Waals surface area contributed by atoms with E-state index in [0.717, 1.165) is 29.9 Å². The average Bonchev–Trinajstić information content (AvgIpc) is 3.33. The van der Waals surface area contributed by atoms with Crippen LogP contribution in [0.15, 0.2) is 23.1 Å². The van der Waals surface area contributed by atoms with Gasteiger partial charge < -0.3 is 10.1 Å². The zero-order valence-corrected chi connectivity index (χ0v) is 14.0. The Morgan fingerprint density at radius 1 is 1.42 bits per heavy atom. The molecule has 0 radical (unpaired) electrons. The Bertz CT molecular complexity index is 840. The van der Waals surface area contributed by atoms with Crippen LogP contribution in [0.3, 0.4) is 0 Å². The minimum atomic E-state index is -0.790. The lowest BCUT2D eigenvalue weighted by Crippen LogP contribution is -2.33. The highest BCUT2D eigenvalue weighted by Crippen LogP contribution is 2.38. The van der Waals surface area contributed by atoms with Crippen LogP contribution in [0.5, 0.6) is 0 Å². The number of ether oxygens (including phenoxy) is 1. The van der Waals surface area contributed by atoms with Crippen molar-refractivity contribution in [2.75, 3.05) is 12.4 Å². The topological polar surface area (TPSA) is 103 Å². The second-order valence-electron chi connectivity index (χ2n) is 5.50. The Hall–Kier alpha value is -2.55. The number of nitrogens with zero attached hydrogens (tertiary/aromatic N) is 3. The Morgan fingerprint density at radius 3 is 2.83 bits per heavy atom. The number of aromatic nitrogens is 3. The highest BCUT2D eigenvalue weighted by Gasteiger charge is 2.27. The first-order valence-electron chi connectivity index (χ1n) is 7.44. The van der Waals surface area contributed by atoms with Crippen molar-refractivity contribution in [3.05, 3.63) is 39.3 Å². The van der Waals surface area contributed by atoms with Gasteiger partial charge in [0.1, 0.15) is 10.9 Å². The quantitative estimate of drug-likeness (QED) is 0.823. The molecule has 1 N–H and O–H groups in total. The van der Waals surface area contributed by atoms with Gasteiger partial charge in [0.2, 0.25) is 0 Å². The molecule has 0 unspecified atom stereocenters. The van der Waals surface area contributed by atoms with Gasteiger partial charge in [0, 0.05) is 12.0 Å². The lowest BCUT2D eigenvalue weighted by atomic mass is 10.2. The van der Waals surface area contributed by atoms with Gasteiger partial charge in [-0.1, -0.05) is 11.3 Å².